The summed E-state index contributed by atoms with van der Waals surface area (Å²) >= 11 is 1.34. The number of fused-ring (bicyclic) bond motifs is 4. The Balaban J connectivity index is 1.37. The van der Waals surface area contributed by atoms with Gasteiger partial charge in [-0.05, 0) is 73.9 Å². The molecular formula is C35H40FN7O2S. The normalized spacial score (nSPS) is 18.0. The second kappa shape index (κ2) is 12.5. The molecule has 0 radical (unpaired) electrons. The second-order valence-electron chi connectivity index (χ2n) is 13.7. The number of ether oxygens (including phenoxy) is 1. The predicted molar refractivity (Wildman–Crippen MR) is 180 cm³/mol. The summed E-state index contributed by atoms with van der Waals surface area (Å²) in [6, 6.07) is 15.2. The van der Waals surface area contributed by atoms with Gasteiger partial charge in [0.2, 0.25) is 11.8 Å². The Morgan fingerprint density at radius 3 is 2.41 bits per heavy atom. The SMILES string of the molecule is Cc1cccc(C)c1-c1cc2nc(n1)NSc1cccc(c1)C(=O)N(Cc1ncc(N3CC(C)(F)C3)cn1)[C@H](CC(C)(C)C)CO2. The fourth-order valence-corrected chi connectivity index (χ4v) is 6.68. The smallest absolute Gasteiger partial charge is 0.254 e. The minimum Gasteiger partial charge on any atom is -0.475 e. The number of aromatic nitrogens is 4. The van der Waals surface area contributed by atoms with Crippen LogP contribution in [0.4, 0.5) is 16.0 Å². The van der Waals surface area contributed by atoms with E-state index in [2.05, 4.69) is 61.4 Å². The van der Waals surface area contributed by atoms with E-state index in [-0.39, 0.29) is 30.5 Å². The third-order valence-electron chi connectivity index (χ3n) is 8.16. The quantitative estimate of drug-likeness (QED) is 0.230. The second-order valence-corrected chi connectivity index (χ2v) is 14.6. The summed E-state index contributed by atoms with van der Waals surface area (Å²) in [7, 11) is 0. The van der Waals surface area contributed by atoms with Gasteiger partial charge in [-0.2, -0.15) is 4.98 Å². The van der Waals surface area contributed by atoms with E-state index in [4.69, 9.17) is 14.7 Å². The van der Waals surface area contributed by atoms with Gasteiger partial charge < -0.3 is 14.5 Å². The van der Waals surface area contributed by atoms with Crippen LogP contribution < -0.4 is 14.4 Å². The maximum Gasteiger partial charge on any atom is 0.254 e. The van der Waals surface area contributed by atoms with Crippen molar-refractivity contribution in [2.24, 2.45) is 5.41 Å². The summed E-state index contributed by atoms with van der Waals surface area (Å²) in [5, 5.41) is 0. The molecular weight excluding hydrogens is 601 g/mol. The molecule has 0 unspecified atom stereocenters. The van der Waals surface area contributed by atoms with Crippen molar-refractivity contribution in [3.63, 3.8) is 0 Å². The summed E-state index contributed by atoms with van der Waals surface area (Å²) in [6.45, 7) is 13.2. The first-order chi connectivity index (χ1) is 21.8. The minimum atomic E-state index is -1.20. The molecule has 1 fully saturated rings. The maximum absolute atomic E-state index is 14.3. The third-order valence-corrected chi connectivity index (χ3v) is 8.94. The van der Waals surface area contributed by atoms with E-state index < -0.39 is 5.67 Å². The molecule has 4 bridgehead atoms. The van der Waals surface area contributed by atoms with Crippen LogP contribution >= 0.6 is 11.9 Å². The minimum absolute atomic E-state index is 0.124. The number of rotatable bonds is 5. The number of nitrogens with one attached hydrogen (secondary N) is 1. The summed E-state index contributed by atoms with van der Waals surface area (Å²) in [5.74, 6) is 1.20. The zero-order chi connectivity index (χ0) is 32.6. The van der Waals surface area contributed by atoms with Gasteiger partial charge in [-0.25, -0.2) is 19.3 Å². The average molecular weight is 642 g/mol. The Morgan fingerprint density at radius 1 is 1.04 bits per heavy atom. The third kappa shape index (κ3) is 7.25. The zero-order valence-corrected chi connectivity index (χ0v) is 28.0. The molecule has 1 amide bonds. The van der Waals surface area contributed by atoms with Crippen LogP contribution in [0.1, 0.15) is 61.4 Å². The van der Waals surface area contributed by atoms with Crippen molar-refractivity contribution in [2.75, 3.05) is 29.3 Å². The van der Waals surface area contributed by atoms with Crippen LogP contribution in [0.2, 0.25) is 0 Å². The Hall–Kier alpha value is -4.25. The van der Waals surface area contributed by atoms with E-state index in [0.29, 0.717) is 42.7 Å². The largest absolute Gasteiger partial charge is 0.475 e. The molecule has 1 N–H and O–H groups in total. The standard InChI is InChI=1S/C35H40FN7O2S/c1-22-9-7-10-23(2)31(22)28-14-30-40-33(39-28)41-46-27-12-8-11-24(13-27)32(44)43(25(19-45-30)15-34(3,4)5)18-29-37-16-26(17-38-29)42-20-35(6,36)21-42/h7-14,16-17,25H,15,18-21H2,1-6H3,(H,39,40,41)/t25-/m1/s1. The van der Waals surface area contributed by atoms with Crippen LogP contribution in [0.3, 0.4) is 0 Å². The van der Waals surface area contributed by atoms with Gasteiger partial charge in [0.1, 0.15) is 18.1 Å². The van der Waals surface area contributed by atoms with Crippen molar-refractivity contribution < 1.29 is 13.9 Å². The molecule has 0 spiro atoms. The molecule has 1 saturated heterocycles. The number of anilines is 2. The lowest BCUT2D eigenvalue weighted by Gasteiger charge is -2.43. The van der Waals surface area contributed by atoms with Crippen molar-refractivity contribution in [3.8, 4) is 17.1 Å². The molecule has 0 aliphatic carbocycles. The molecule has 1 atom stereocenters. The molecule has 9 nitrogen and oxygen atoms in total. The van der Waals surface area contributed by atoms with Crippen LogP contribution in [0.15, 0.2) is 65.8 Å². The molecule has 2 aromatic carbocycles. The lowest BCUT2D eigenvalue weighted by molar-refractivity contribution is 0.0505. The zero-order valence-electron chi connectivity index (χ0n) is 27.2. The molecule has 2 aliphatic heterocycles. The van der Waals surface area contributed by atoms with E-state index >= 15 is 0 Å². The molecule has 11 heteroatoms. The molecule has 46 heavy (non-hydrogen) atoms. The van der Waals surface area contributed by atoms with Crippen LogP contribution in [-0.2, 0) is 6.54 Å². The van der Waals surface area contributed by atoms with E-state index in [1.165, 1.54) is 11.9 Å². The highest BCUT2D eigenvalue weighted by molar-refractivity contribution is 8.00. The van der Waals surface area contributed by atoms with Gasteiger partial charge in [0.25, 0.3) is 5.91 Å². The number of amides is 1. The summed E-state index contributed by atoms with van der Waals surface area (Å²) < 4.78 is 23.8. The number of hydrogen-bond acceptors (Lipinski definition) is 9. The Bertz CT molecular complexity index is 1710. The summed E-state index contributed by atoms with van der Waals surface area (Å²) in [4.78, 5) is 37.6. The van der Waals surface area contributed by atoms with Gasteiger partial charge >= 0.3 is 0 Å². The first-order valence-corrected chi connectivity index (χ1v) is 16.3. The molecule has 2 aliphatic rings. The number of nitrogens with zero attached hydrogens (tertiary/aromatic N) is 6. The Labute approximate surface area is 274 Å². The average Bonchev–Trinajstić information content (AvgIpc) is 2.99. The van der Waals surface area contributed by atoms with E-state index in [1.54, 1.807) is 19.3 Å². The van der Waals surface area contributed by atoms with Crippen molar-refractivity contribution in [1.29, 1.82) is 0 Å². The van der Waals surface area contributed by atoms with E-state index in [0.717, 1.165) is 33.0 Å². The first-order valence-electron chi connectivity index (χ1n) is 15.5. The highest BCUT2D eigenvalue weighted by Gasteiger charge is 2.39. The number of carbonyl (C=O) groups excluding carboxylic acids is 1. The predicted octanol–water partition coefficient (Wildman–Crippen LogP) is 7.06. The number of benzene rings is 2. The number of halogens is 1. The maximum atomic E-state index is 14.3. The van der Waals surface area contributed by atoms with Gasteiger partial charge in [0.05, 0.1) is 49.5 Å². The van der Waals surface area contributed by atoms with Crippen molar-refractivity contribution in [2.45, 2.75) is 71.1 Å². The van der Waals surface area contributed by atoms with Crippen LogP contribution in [0.25, 0.3) is 11.3 Å². The molecule has 4 aromatic rings. The van der Waals surface area contributed by atoms with Gasteiger partial charge in [-0.1, -0.05) is 45.0 Å². The van der Waals surface area contributed by atoms with Gasteiger partial charge in [0, 0.05) is 22.1 Å². The van der Waals surface area contributed by atoms with E-state index in [1.807, 2.05) is 46.2 Å². The monoisotopic (exact) mass is 641 g/mol. The van der Waals surface area contributed by atoms with Crippen LogP contribution in [0.5, 0.6) is 5.88 Å². The van der Waals surface area contributed by atoms with Gasteiger partial charge in [-0.3, -0.25) is 9.52 Å². The molecule has 4 heterocycles. The molecule has 240 valence electrons. The fraction of sp³-hybridized carbons (Fsp3) is 0.400. The van der Waals surface area contributed by atoms with Crippen molar-refractivity contribution in [1.82, 2.24) is 24.8 Å². The topological polar surface area (TPSA) is 96.4 Å². The summed E-state index contributed by atoms with van der Waals surface area (Å²) in [6.07, 6.45) is 4.07. The number of aryl methyl sites for hydroxylation is 2. The number of alkyl halides is 1. The van der Waals surface area contributed by atoms with Crippen LogP contribution in [-0.4, -0.2) is 62.1 Å². The lowest BCUT2D eigenvalue weighted by atomic mass is 9.87. The lowest BCUT2D eigenvalue weighted by Crippen LogP contribution is -2.57. The van der Waals surface area contributed by atoms with Crippen LogP contribution in [0, 0.1) is 19.3 Å². The Morgan fingerprint density at radius 2 is 1.74 bits per heavy atom. The highest BCUT2D eigenvalue weighted by Crippen LogP contribution is 2.33. The van der Waals surface area contributed by atoms with Crippen molar-refractivity contribution in [3.05, 3.63) is 83.4 Å². The Kier molecular flexibility index (Phi) is 8.62. The molecule has 6 rings (SSSR count). The van der Waals surface area contributed by atoms with Gasteiger partial charge in [0.15, 0.2) is 0 Å². The first kappa shape index (κ1) is 31.7. The number of carbonyl (C=O) groups is 1. The van der Waals surface area contributed by atoms with E-state index in [9.17, 15) is 9.18 Å². The van der Waals surface area contributed by atoms with Gasteiger partial charge in [-0.15, -0.1) is 0 Å². The van der Waals surface area contributed by atoms with Crippen molar-refractivity contribution >= 4 is 29.5 Å². The summed E-state index contributed by atoms with van der Waals surface area (Å²) in [5.41, 5.74) is 4.00. The highest BCUT2D eigenvalue weighted by atomic mass is 32.2. The molecule has 0 saturated carbocycles. The number of hydrogen-bond donors (Lipinski definition) is 1. The fourth-order valence-electron chi connectivity index (χ4n) is 6.05. The molecule has 2 aromatic heterocycles.